The maximum atomic E-state index is 6.30. The third kappa shape index (κ3) is 2.45. The molecule has 1 aromatic rings. The Morgan fingerprint density at radius 1 is 1.44 bits per heavy atom. The van der Waals surface area contributed by atoms with Crippen LogP contribution in [-0.2, 0) is 0 Å². The first-order valence-electron chi connectivity index (χ1n) is 6.71. The summed E-state index contributed by atoms with van der Waals surface area (Å²) in [5.41, 5.74) is 1.56. The maximum Gasteiger partial charge on any atom is 0.0979 e. The molecule has 0 radical (unpaired) electrons. The Kier molecular flexibility index (Phi) is 4.64. The minimum Gasteiger partial charge on any atom is -0.313 e. The van der Waals surface area contributed by atoms with Crippen molar-refractivity contribution in [3.8, 4) is 0 Å². The molecule has 4 heteroatoms. The summed E-state index contributed by atoms with van der Waals surface area (Å²) in [6, 6.07) is 2.67. The van der Waals surface area contributed by atoms with Gasteiger partial charge in [0, 0.05) is 6.04 Å². The fourth-order valence-corrected chi connectivity index (χ4v) is 4.64. The lowest BCUT2D eigenvalue weighted by atomic mass is 9.54. The molecule has 0 bridgehead atoms. The second-order valence-electron chi connectivity index (χ2n) is 5.43. The average Bonchev–Trinajstić information content (AvgIpc) is 2.66. The van der Waals surface area contributed by atoms with E-state index in [9.17, 15) is 0 Å². The normalized spacial score (nSPS) is 31.4. The van der Waals surface area contributed by atoms with Crippen LogP contribution in [0.4, 0.5) is 0 Å². The molecule has 0 amide bonds. The number of hydrogen-bond donors (Lipinski definition) is 1. The molecule has 0 spiro atoms. The van der Waals surface area contributed by atoms with Gasteiger partial charge in [0.2, 0.25) is 0 Å². The summed E-state index contributed by atoms with van der Waals surface area (Å²) in [6.45, 7) is 7.96. The summed E-state index contributed by atoms with van der Waals surface area (Å²) < 4.78 is 1.68. The number of hydrogen-bond acceptors (Lipinski definition) is 2. The molecular formula is C14H21Cl2NS. The summed E-state index contributed by atoms with van der Waals surface area (Å²) in [6.07, 6.45) is 3.53. The molecule has 1 nitrogen and oxygen atoms in total. The molecule has 0 aliphatic heterocycles. The molecule has 0 aromatic carbocycles. The van der Waals surface area contributed by atoms with Crippen molar-refractivity contribution in [2.45, 2.75) is 52.0 Å². The van der Waals surface area contributed by atoms with Gasteiger partial charge < -0.3 is 5.32 Å². The van der Waals surface area contributed by atoms with Gasteiger partial charge in [-0.05, 0) is 48.8 Å². The van der Waals surface area contributed by atoms with Crippen molar-refractivity contribution in [2.24, 2.45) is 5.41 Å². The van der Waals surface area contributed by atoms with Crippen molar-refractivity contribution >= 4 is 34.5 Å². The zero-order valence-electron chi connectivity index (χ0n) is 11.2. The first-order valence-corrected chi connectivity index (χ1v) is 8.28. The van der Waals surface area contributed by atoms with Gasteiger partial charge in [0.15, 0.2) is 0 Å². The Balaban J connectivity index is 2.14. The van der Waals surface area contributed by atoms with E-state index < -0.39 is 0 Å². The highest BCUT2D eigenvalue weighted by Gasteiger charge is 2.51. The molecule has 1 aliphatic carbocycles. The van der Waals surface area contributed by atoms with Crippen LogP contribution in [0.5, 0.6) is 0 Å². The summed E-state index contributed by atoms with van der Waals surface area (Å²) in [5.74, 6) is 0.549. The van der Waals surface area contributed by atoms with E-state index in [1.807, 2.05) is 0 Å². The van der Waals surface area contributed by atoms with Crippen molar-refractivity contribution in [1.29, 1.82) is 0 Å². The molecular weight excluding hydrogens is 285 g/mol. The molecule has 3 unspecified atom stereocenters. The molecule has 102 valence electrons. The van der Waals surface area contributed by atoms with Crippen LogP contribution in [0.25, 0.3) is 0 Å². The largest absolute Gasteiger partial charge is 0.313 e. The van der Waals surface area contributed by atoms with Gasteiger partial charge in [0.05, 0.1) is 8.67 Å². The Labute approximate surface area is 124 Å². The van der Waals surface area contributed by atoms with E-state index >= 15 is 0 Å². The lowest BCUT2D eigenvalue weighted by molar-refractivity contribution is 0.0448. The van der Waals surface area contributed by atoms with Crippen LogP contribution in [0, 0.1) is 5.41 Å². The van der Waals surface area contributed by atoms with E-state index in [0.29, 0.717) is 17.4 Å². The van der Waals surface area contributed by atoms with Gasteiger partial charge in [-0.25, -0.2) is 0 Å². The van der Waals surface area contributed by atoms with Gasteiger partial charge in [0.25, 0.3) is 0 Å². The Morgan fingerprint density at radius 2 is 2.17 bits per heavy atom. The molecule has 3 atom stereocenters. The van der Waals surface area contributed by atoms with Gasteiger partial charge in [0.1, 0.15) is 0 Å². The average molecular weight is 306 g/mol. The van der Waals surface area contributed by atoms with Crippen molar-refractivity contribution in [2.75, 3.05) is 6.54 Å². The third-order valence-corrected chi connectivity index (χ3v) is 6.04. The molecule has 1 heterocycles. The van der Waals surface area contributed by atoms with E-state index in [1.165, 1.54) is 36.2 Å². The highest BCUT2D eigenvalue weighted by atomic mass is 35.5. The van der Waals surface area contributed by atoms with Crippen LogP contribution in [-0.4, -0.2) is 12.6 Å². The van der Waals surface area contributed by atoms with Gasteiger partial charge in [-0.3, -0.25) is 0 Å². The second kappa shape index (κ2) is 5.70. The number of rotatable bonds is 5. The SMILES string of the molecule is CCCNC1CC(c2cc(Cl)sc2Cl)C1(C)CC. The molecule has 2 rings (SSSR count). The first-order chi connectivity index (χ1) is 8.52. The Bertz CT molecular complexity index is 418. The molecule has 1 fully saturated rings. The number of nitrogens with one attached hydrogen (secondary N) is 1. The standard InChI is InChI=1S/C14H21Cl2NS/c1-4-6-17-11-8-10(14(11,3)5-2)9-7-12(15)18-13(9)16/h7,10-11,17H,4-6,8H2,1-3H3. The van der Waals surface area contributed by atoms with Crippen molar-refractivity contribution < 1.29 is 0 Å². The lowest BCUT2D eigenvalue weighted by Crippen LogP contribution is -2.56. The highest BCUT2D eigenvalue weighted by Crippen LogP contribution is 2.57. The highest BCUT2D eigenvalue weighted by molar-refractivity contribution is 7.20. The van der Waals surface area contributed by atoms with Crippen LogP contribution in [0.2, 0.25) is 8.67 Å². The summed E-state index contributed by atoms with van der Waals surface area (Å²) in [5, 5.41) is 3.66. The van der Waals surface area contributed by atoms with E-state index in [1.54, 1.807) is 0 Å². The monoisotopic (exact) mass is 305 g/mol. The second-order valence-corrected chi connectivity index (χ2v) is 7.72. The zero-order valence-corrected chi connectivity index (χ0v) is 13.6. The van der Waals surface area contributed by atoms with Crippen LogP contribution in [0.15, 0.2) is 6.07 Å². The van der Waals surface area contributed by atoms with E-state index in [0.717, 1.165) is 15.2 Å². The molecule has 1 aliphatic rings. The predicted octanol–water partition coefficient (Wildman–Crippen LogP) is 5.33. The predicted molar refractivity (Wildman–Crippen MR) is 82.2 cm³/mol. The molecule has 1 saturated carbocycles. The Hall–Kier alpha value is 0.240. The third-order valence-electron chi connectivity index (χ3n) is 4.52. The van der Waals surface area contributed by atoms with Crippen LogP contribution in [0.1, 0.15) is 51.5 Å². The quantitative estimate of drug-likeness (QED) is 0.775. The van der Waals surface area contributed by atoms with E-state index in [2.05, 4.69) is 32.2 Å². The zero-order chi connectivity index (χ0) is 13.3. The van der Waals surface area contributed by atoms with Gasteiger partial charge in [-0.15, -0.1) is 11.3 Å². The van der Waals surface area contributed by atoms with E-state index in [4.69, 9.17) is 23.2 Å². The molecule has 1 N–H and O–H groups in total. The minimum absolute atomic E-state index is 0.309. The summed E-state index contributed by atoms with van der Waals surface area (Å²) in [4.78, 5) is 0. The van der Waals surface area contributed by atoms with Crippen molar-refractivity contribution in [1.82, 2.24) is 5.32 Å². The molecule has 1 aromatic heterocycles. The maximum absolute atomic E-state index is 6.30. The van der Waals surface area contributed by atoms with Crippen molar-refractivity contribution in [3.05, 3.63) is 20.3 Å². The topological polar surface area (TPSA) is 12.0 Å². The summed E-state index contributed by atoms with van der Waals surface area (Å²) >= 11 is 13.9. The van der Waals surface area contributed by atoms with Crippen LogP contribution < -0.4 is 5.32 Å². The summed E-state index contributed by atoms with van der Waals surface area (Å²) in [7, 11) is 0. The van der Waals surface area contributed by atoms with Gasteiger partial charge in [-0.2, -0.15) is 0 Å². The number of halogens is 2. The molecule has 18 heavy (non-hydrogen) atoms. The van der Waals surface area contributed by atoms with Crippen molar-refractivity contribution in [3.63, 3.8) is 0 Å². The Morgan fingerprint density at radius 3 is 2.67 bits per heavy atom. The lowest BCUT2D eigenvalue weighted by Gasteiger charge is -2.54. The van der Waals surface area contributed by atoms with Gasteiger partial charge in [-0.1, -0.05) is 44.0 Å². The van der Waals surface area contributed by atoms with Crippen LogP contribution in [0.3, 0.4) is 0 Å². The van der Waals surface area contributed by atoms with Crippen LogP contribution >= 0.6 is 34.5 Å². The first kappa shape index (κ1) is 14.6. The minimum atomic E-state index is 0.309. The van der Waals surface area contributed by atoms with E-state index in [-0.39, 0.29) is 0 Å². The number of thiophene rings is 1. The molecule has 0 saturated heterocycles. The fourth-order valence-electron chi connectivity index (χ4n) is 3.06. The smallest absolute Gasteiger partial charge is 0.0979 e. The fraction of sp³-hybridized carbons (Fsp3) is 0.714. The van der Waals surface area contributed by atoms with Gasteiger partial charge >= 0.3 is 0 Å².